The summed E-state index contributed by atoms with van der Waals surface area (Å²) < 4.78 is 26.7. The highest BCUT2D eigenvalue weighted by Crippen LogP contribution is 2.27. The van der Waals surface area contributed by atoms with Crippen LogP contribution in [0.5, 0.6) is 0 Å². The van der Waals surface area contributed by atoms with Crippen LogP contribution in [-0.2, 0) is 10.0 Å². The van der Waals surface area contributed by atoms with Crippen molar-refractivity contribution >= 4 is 10.0 Å². The van der Waals surface area contributed by atoms with Crippen molar-refractivity contribution in [2.24, 2.45) is 0 Å². The monoisotopic (exact) mass is 312 g/mol. The average molecular weight is 312 g/mol. The molecule has 0 amide bonds. The summed E-state index contributed by atoms with van der Waals surface area (Å²) in [6, 6.07) is 7.13. The molecule has 1 saturated heterocycles. The number of hydrogen-bond donors (Lipinski definition) is 2. The number of sulfonamides is 1. The number of aliphatic hydroxyl groups is 1. The van der Waals surface area contributed by atoms with Crippen LogP contribution in [0.15, 0.2) is 29.2 Å². The summed E-state index contributed by atoms with van der Waals surface area (Å²) in [5.74, 6) is 0. The zero-order valence-electron chi connectivity index (χ0n) is 12.8. The van der Waals surface area contributed by atoms with Crippen molar-refractivity contribution in [3.05, 3.63) is 29.8 Å². The highest BCUT2D eigenvalue weighted by Gasteiger charge is 2.38. The first kappa shape index (κ1) is 16.4. The van der Waals surface area contributed by atoms with Crippen LogP contribution in [0.1, 0.15) is 38.8 Å². The van der Waals surface area contributed by atoms with E-state index in [9.17, 15) is 13.5 Å². The summed E-state index contributed by atoms with van der Waals surface area (Å²) in [5, 5.41) is 13.2. The first-order chi connectivity index (χ1) is 9.76. The Morgan fingerprint density at radius 2 is 2.19 bits per heavy atom. The van der Waals surface area contributed by atoms with Gasteiger partial charge in [-0.05, 0) is 44.5 Å². The van der Waals surface area contributed by atoms with Crippen LogP contribution in [-0.4, -0.2) is 43.1 Å². The zero-order valence-corrected chi connectivity index (χ0v) is 13.7. The molecule has 6 heteroatoms. The molecule has 1 fully saturated rings. The number of β-amino-alcohol motifs (C(OH)–C–C–N with tert-alkyl or cyclic N) is 1. The average Bonchev–Trinajstić information content (AvgIpc) is 2.80. The molecule has 0 spiro atoms. The molecule has 1 aromatic carbocycles. The molecule has 118 valence electrons. The normalized spacial score (nSPS) is 25.1. The largest absolute Gasteiger partial charge is 0.389 e. The Hall–Kier alpha value is -0.950. The van der Waals surface area contributed by atoms with Crippen molar-refractivity contribution in [2.45, 2.75) is 43.7 Å². The molecule has 0 aromatic heterocycles. The molecule has 1 aliphatic heterocycles. The van der Waals surface area contributed by atoms with Gasteiger partial charge in [0, 0.05) is 19.1 Å². The molecule has 1 aromatic rings. The molecule has 2 unspecified atom stereocenters. The fourth-order valence-electron chi connectivity index (χ4n) is 2.63. The molecule has 2 N–H and O–H groups in total. The Balaban J connectivity index is 2.27. The van der Waals surface area contributed by atoms with Gasteiger partial charge in [0.15, 0.2) is 0 Å². The van der Waals surface area contributed by atoms with Gasteiger partial charge in [-0.15, -0.1) is 0 Å². The summed E-state index contributed by atoms with van der Waals surface area (Å²) in [6.07, 6.45) is 0.472. The molecule has 1 aliphatic rings. The van der Waals surface area contributed by atoms with Gasteiger partial charge in [-0.3, -0.25) is 0 Å². The summed E-state index contributed by atoms with van der Waals surface area (Å²) in [5.41, 5.74) is 0.0192. The lowest BCUT2D eigenvalue weighted by atomic mass is 10.1. The smallest absolute Gasteiger partial charge is 0.243 e. The van der Waals surface area contributed by atoms with Gasteiger partial charge in [0.25, 0.3) is 0 Å². The molecule has 5 nitrogen and oxygen atoms in total. The molecule has 0 radical (unpaired) electrons. The molecular weight excluding hydrogens is 288 g/mol. The Morgan fingerprint density at radius 3 is 2.76 bits per heavy atom. The minimum atomic E-state index is -3.54. The molecule has 21 heavy (non-hydrogen) atoms. The number of nitrogens with one attached hydrogen (secondary N) is 1. The van der Waals surface area contributed by atoms with E-state index in [0.717, 1.165) is 12.1 Å². The van der Waals surface area contributed by atoms with E-state index in [2.05, 4.69) is 5.32 Å². The summed E-state index contributed by atoms with van der Waals surface area (Å²) in [6.45, 7) is 7.04. The van der Waals surface area contributed by atoms with E-state index in [1.54, 1.807) is 25.1 Å². The number of rotatable bonds is 5. The van der Waals surface area contributed by atoms with Crippen molar-refractivity contribution in [3.8, 4) is 0 Å². The van der Waals surface area contributed by atoms with Crippen molar-refractivity contribution in [1.82, 2.24) is 9.62 Å². The second kappa shape index (κ2) is 6.04. The third kappa shape index (κ3) is 3.63. The van der Waals surface area contributed by atoms with Gasteiger partial charge in [-0.2, -0.15) is 4.31 Å². The molecule has 2 rings (SSSR count). The van der Waals surface area contributed by atoms with Gasteiger partial charge >= 0.3 is 0 Å². The number of benzene rings is 1. The highest BCUT2D eigenvalue weighted by molar-refractivity contribution is 7.89. The lowest BCUT2D eigenvalue weighted by Gasteiger charge is -2.20. The van der Waals surface area contributed by atoms with Crippen molar-refractivity contribution in [3.63, 3.8) is 0 Å². The van der Waals surface area contributed by atoms with Crippen LogP contribution in [0, 0.1) is 0 Å². The fourth-order valence-corrected chi connectivity index (χ4v) is 4.24. The fraction of sp³-hybridized carbons (Fsp3) is 0.600. The molecule has 2 atom stereocenters. The van der Waals surface area contributed by atoms with Gasteiger partial charge < -0.3 is 10.4 Å². The van der Waals surface area contributed by atoms with E-state index in [1.165, 1.54) is 4.31 Å². The van der Waals surface area contributed by atoms with E-state index < -0.39 is 15.6 Å². The van der Waals surface area contributed by atoms with Gasteiger partial charge in [0.2, 0.25) is 10.0 Å². The lowest BCUT2D eigenvalue weighted by Crippen LogP contribution is -2.34. The van der Waals surface area contributed by atoms with Crippen molar-refractivity contribution < 1.29 is 13.5 Å². The Labute approximate surface area is 127 Å². The van der Waals surface area contributed by atoms with E-state index in [1.807, 2.05) is 19.9 Å². The SMILES string of the molecule is CCNC(C)c1cccc(S(=O)(=O)N2CCC(C)(O)C2)c1. The van der Waals surface area contributed by atoms with E-state index >= 15 is 0 Å². The van der Waals surface area contributed by atoms with Crippen LogP contribution in [0.2, 0.25) is 0 Å². The Bertz CT molecular complexity index is 599. The third-order valence-corrected chi connectivity index (χ3v) is 5.76. The van der Waals surface area contributed by atoms with E-state index in [4.69, 9.17) is 0 Å². The first-order valence-electron chi connectivity index (χ1n) is 7.32. The topological polar surface area (TPSA) is 69.6 Å². The summed E-state index contributed by atoms with van der Waals surface area (Å²) in [7, 11) is -3.54. The maximum atomic E-state index is 12.6. The highest BCUT2D eigenvalue weighted by atomic mass is 32.2. The van der Waals surface area contributed by atoms with Gasteiger partial charge in [0.05, 0.1) is 10.5 Å². The van der Waals surface area contributed by atoms with Crippen LogP contribution < -0.4 is 5.32 Å². The predicted molar refractivity (Wildman–Crippen MR) is 82.5 cm³/mol. The molecular formula is C15H24N2O3S. The van der Waals surface area contributed by atoms with Gasteiger partial charge in [-0.25, -0.2) is 8.42 Å². The summed E-state index contributed by atoms with van der Waals surface area (Å²) >= 11 is 0. The molecule has 0 aliphatic carbocycles. The van der Waals surface area contributed by atoms with Gasteiger partial charge in [-0.1, -0.05) is 19.1 Å². The third-order valence-electron chi connectivity index (χ3n) is 3.92. The predicted octanol–water partition coefficient (Wildman–Crippen LogP) is 1.50. The standard InChI is InChI=1S/C15H24N2O3S/c1-4-16-12(2)13-6-5-7-14(10-13)21(19,20)17-9-8-15(3,18)11-17/h5-7,10,12,16,18H,4,8-9,11H2,1-3H3. The maximum Gasteiger partial charge on any atom is 0.243 e. The number of hydrogen-bond acceptors (Lipinski definition) is 4. The van der Waals surface area contributed by atoms with Crippen LogP contribution in [0.4, 0.5) is 0 Å². The number of nitrogens with zero attached hydrogens (tertiary/aromatic N) is 1. The molecule has 1 heterocycles. The molecule has 0 bridgehead atoms. The zero-order chi connectivity index (χ0) is 15.7. The maximum absolute atomic E-state index is 12.6. The minimum Gasteiger partial charge on any atom is -0.389 e. The Morgan fingerprint density at radius 1 is 1.48 bits per heavy atom. The van der Waals surface area contributed by atoms with Crippen molar-refractivity contribution in [2.75, 3.05) is 19.6 Å². The second-order valence-corrected chi connectivity index (χ2v) is 7.88. The second-order valence-electron chi connectivity index (χ2n) is 5.94. The van der Waals surface area contributed by atoms with Crippen LogP contribution in [0.3, 0.4) is 0 Å². The van der Waals surface area contributed by atoms with Crippen molar-refractivity contribution in [1.29, 1.82) is 0 Å². The van der Waals surface area contributed by atoms with E-state index in [0.29, 0.717) is 17.9 Å². The quantitative estimate of drug-likeness (QED) is 0.864. The van der Waals surface area contributed by atoms with Crippen LogP contribution in [0.25, 0.3) is 0 Å². The summed E-state index contributed by atoms with van der Waals surface area (Å²) in [4.78, 5) is 0.294. The van der Waals surface area contributed by atoms with Crippen LogP contribution >= 0.6 is 0 Å². The van der Waals surface area contributed by atoms with Gasteiger partial charge in [0.1, 0.15) is 0 Å². The lowest BCUT2D eigenvalue weighted by molar-refractivity contribution is 0.0762. The molecule has 0 saturated carbocycles. The Kier molecular flexibility index (Phi) is 4.72. The first-order valence-corrected chi connectivity index (χ1v) is 8.76. The minimum absolute atomic E-state index is 0.104. The van der Waals surface area contributed by atoms with E-state index in [-0.39, 0.29) is 12.6 Å².